The lowest BCUT2D eigenvalue weighted by Crippen LogP contribution is -2.21. The summed E-state index contributed by atoms with van der Waals surface area (Å²) in [5.74, 6) is 0.811. The van der Waals surface area contributed by atoms with Crippen molar-refractivity contribution in [1.29, 1.82) is 0 Å². The van der Waals surface area contributed by atoms with Crippen molar-refractivity contribution in [3.05, 3.63) is 22.8 Å². The van der Waals surface area contributed by atoms with Crippen LogP contribution in [0.25, 0.3) is 0 Å². The van der Waals surface area contributed by atoms with Crippen molar-refractivity contribution in [3.63, 3.8) is 0 Å². The normalized spacial score (nSPS) is 15.6. The summed E-state index contributed by atoms with van der Waals surface area (Å²) in [6.07, 6.45) is 4.10. The summed E-state index contributed by atoms with van der Waals surface area (Å²) in [5.41, 5.74) is 0.753. The van der Waals surface area contributed by atoms with E-state index in [-0.39, 0.29) is 6.61 Å². The summed E-state index contributed by atoms with van der Waals surface area (Å²) in [7, 11) is 2.00. The number of rotatable bonds is 3. The van der Waals surface area contributed by atoms with Gasteiger partial charge in [-0.05, 0) is 24.5 Å². The van der Waals surface area contributed by atoms with Gasteiger partial charge < -0.3 is 10.0 Å². The maximum absolute atomic E-state index is 8.90. The maximum atomic E-state index is 8.90. The quantitative estimate of drug-likeness (QED) is 0.831. The number of anilines is 1. The third-order valence-electron chi connectivity index (χ3n) is 2.49. The first-order chi connectivity index (χ1) is 6.72. The molecule has 1 fully saturated rings. The molecule has 14 heavy (non-hydrogen) atoms. The molecule has 1 aromatic rings. The summed E-state index contributed by atoms with van der Waals surface area (Å²) >= 11 is 6.06. The van der Waals surface area contributed by atoms with Crippen LogP contribution in [0.1, 0.15) is 18.4 Å². The second-order valence-electron chi connectivity index (χ2n) is 3.65. The summed E-state index contributed by atoms with van der Waals surface area (Å²) in [6, 6.07) is 2.36. The van der Waals surface area contributed by atoms with Crippen LogP contribution in [-0.2, 0) is 6.61 Å². The topological polar surface area (TPSA) is 36.4 Å². The lowest BCUT2D eigenvalue weighted by atomic mass is 10.3. The van der Waals surface area contributed by atoms with E-state index in [1.807, 2.05) is 7.05 Å². The minimum Gasteiger partial charge on any atom is -0.392 e. The Morgan fingerprint density at radius 3 is 2.86 bits per heavy atom. The van der Waals surface area contributed by atoms with E-state index in [1.54, 1.807) is 12.3 Å². The first-order valence-corrected chi connectivity index (χ1v) is 5.08. The van der Waals surface area contributed by atoms with E-state index in [4.69, 9.17) is 16.7 Å². The molecule has 76 valence electrons. The predicted octanol–water partition coefficient (Wildman–Crippen LogP) is 1.83. The zero-order valence-electron chi connectivity index (χ0n) is 8.07. The van der Waals surface area contributed by atoms with Crippen molar-refractivity contribution in [3.8, 4) is 0 Å². The number of aliphatic hydroxyl groups is 1. The molecule has 0 unspecified atom stereocenters. The smallest absolute Gasteiger partial charge is 0.147 e. The average molecular weight is 213 g/mol. The lowest BCUT2D eigenvalue weighted by molar-refractivity contribution is 0.281. The van der Waals surface area contributed by atoms with Gasteiger partial charge in [-0.15, -0.1) is 0 Å². The number of halogens is 1. The van der Waals surface area contributed by atoms with Crippen LogP contribution < -0.4 is 4.90 Å². The minimum atomic E-state index is -0.0137. The van der Waals surface area contributed by atoms with Crippen molar-refractivity contribution in [2.24, 2.45) is 0 Å². The van der Waals surface area contributed by atoms with Gasteiger partial charge in [-0.1, -0.05) is 11.6 Å². The van der Waals surface area contributed by atoms with Crippen molar-refractivity contribution >= 4 is 17.4 Å². The van der Waals surface area contributed by atoms with Crippen LogP contribution in [-0.4, -0.2) is 23.2 Å². The first kappa shape index (κ1) is 9.74. The molecule has 0 spiro atoms. The van der Waals surface area contributed by atoms with Gasteiger partial charge in [-0.2, -0.15) is 0 Å². The molecule has 1 N–H and O–H groups in total. The molecule has 0 saturated heterocycles. The molecular weight excluding hydrogens is 200 g/mol. The highest BCUT2D eigenvalue weighted by atomic mass is 35.5. The summed E-state index contributed by atoms with van der Waals surface area (Å²) in [6.45, 7) is -0.0137. The van der Waals surface area contributed by atoms with Gasteiger partial charge in [0.05, 0.1) is 11.6 Å². The Balaban J connectivity index is 2.24. The largest absolute Gasteiger partial charge is 0.392 e. The molecule has 1 aliphatic rings. The first-order valence-electron chi connectivity index (χ1n) is 4.70. The fraction of sp³-hybridized carbons (Fsp3) is 0.500. The van der Waals surface area contributed by atoms with Gasteiger partial charge in [0.2, 0.25) is 0 Å². The maximum Gasteiger partial charge on any atom is 0.147 e. The van der Waals surface area contributed by atoms with Gasteiger partial charge in [-0.25, -0.2) is 4.98 Å². The highest BCUT2D eigenvalue weighted by molar-refractivity contribution is 6.33. The molecule has 0 aliphatic heterocycles. The fourth-order valence-corrected chi connectivity index (χ4v) is 1.77. The number of pyridine rings is 1. The minimum absolute atomic E-state index is 0.0137. The van der Waals surface area contributed by atoms with Crippen molar-refractivity contribution < 1.29 is 5.11 Å². The van der Waals surface area contributed by atoms with E-state index in [9.17, 15) is 0 Å². The van der Waals surface area contributed by atoms with E-state index < -0.39 is 0 Å². The van der Waals surface area contributed by atoms with Crippen LogP contribution in [0.4, 0.5) is 5.82 Å². The highest BCUT2D eigenvalue weighted by Crippen LogP contribution is 2.32. The molecule has 1 heterocycles. The third kappa shape index (κ3) is 1.83. The van der Waals surface area contributed by atoms with E-state index in [0.29, 0.717) is 11.1 Å². The molecule has 4 heteroatoms. The van der Waals surface area contributed by atoms with E-state index in [1.165, 1.54) is 12.8 Å². The third-order valence-corrected chi connectivity index (χ3v) is 2.77. The van der Waals surface area contributed by atoms with Crippen molar-refractivity contribution in [2.45, 2.75) is 25.5 Å². The van der Waals surface area contributed by atoms with Crippen LogP contribution in [0.15, 0.2) is 12.3 Å². The van der Waals surface area contributed by atoms with Gasteiger partial charge in [-0.3, -0.25) is 0 Å². The van der Waals surface area contributed by atoms with Crippen LogP contribution in [0.3, 0.4) is 0 Å². The Morgan fingerprint density at radius 2 is 2.36 bits per heavy atom. The lowest BCUT2D eigenvalue weighted by Gasteiger charge is -2.18. The number of hydrogen-bond acceptors (Lipinski definition) is 3. The Hall–Kier alpha value is -0.800. The van der Waals surface area contributed by atoms with Crippen molar-refractivity contribution in [1.82, 2.24) is 4.98 Å². The molecule has 1 saturated carbocycles. The molecular formula is C10H13ClN2O. The molecule has 1 aromatic heterocycles. The zero-order chi connectivity index (χ0) is 10.1. The summed E-state index contributed by atoms with van der Waals surface area (Å²) in [5, 5.41) is 9.52. The van der Waals surface area contributed by atoms with E-state index in [2.05, 4.69) is 9.88 Å². The Kier molecular flexibility index (Phi) is 2.61. The second kappa shape index (κ2) is 3.75. The molecule has 0 aromatic carbocycles. The number of hydrogen-bond donors (Lipinski definition) is 1. The SMILES string of the molecule is CN(c1ncc(CO)cc1Cl)C1CC1. The standard InChI is InChI=1S/C10H13ClN2O/c1-13(8-2-3-8)10-9(11)4-7(6-14)5-12-10/h4-5,8,14H,2-3,6H2,1H3. The number of aromatic nitrogens is 1. The van der Waals surface area contributed by atoms with Crippen LogP contribution >= 0.6 is 11.6 Å². The molecule has 1 aliphatic carbocycles. The fourth-order valence-electron chi connectivity index (χ4n) is 1.45. The number of nitrogens with zero attached hydrogens (tertiary/aromatic N) is 2. The summed E-state index contributed by atoms with van der Waals surface area (Å²) < 4.78 is 0. The Morgan fingerprint density at radius 1 is 1.64 bits per heavy atom. The van der Waals surface area contributed by atoms with Crippen LogP contribution in [0, 0.1) is 0 Å². The summed E-state index contributed by atoms with van der Waals surface area (Å²) in [4.78, 5) is 6.34. The van der Waals surface area contributed by atoms with Gasteiger partial charge in [0.25, 0.3) is 0 Å². The number of aliphatic hydroxyl groups excluding tert-OH is 1. The van der Waals surface area contributed by atoms with Gasteiger partial charge in [0.1, 0.15) is 5.82 Å². The molecule has 0 radical (unpaired) electrons. The molecule has 2 rings (SSSR count). The molecule has 3 nitrogen and oxygen atoms in total. The van der Waals surface area contributed by atoms with Gasteiger partial charge >= 0.3 is 0 Å². The van der Waals surface area contributed by atoms with Gasteiger partial charge in [0.15, 0.2) is 0 Å². The second-order valence-corrected chi connectivity index (χ2v) is 4.06. The Labute approximate surface area is 88.3 Å². The monoisotopic (exact) mass is 212 g/mol. The Bertz CT molecular complexity index is 339. The highest BCUT2D eigenvalue weighted by Gasteiger charge is 2.28. The van der Waals surface area contributed by atoms with Gasteiger partial charge in [0, 0.05) is 19.3 Å². The zero-order valence-corrected chi connectivity index (χ0v) is 8.83. The molecule has 0 atom stereocenters. The van der Waals surface area contributed by atoms with E-state index >= 15 is 0 Å². The molecule has 0 bridgehead atoms. The predicted molar refractivity (Wildman–Crippen MR) is 56.6 cm³/mol. The van der Waals surface area contributed by atoms with Crippen LogP contribution in [0.5, 0.6) is 0 Å². The van der Waals surface area contributed by atoms with Crippen LogP contribution in [0.2, 0.25) is 5.02 Å². The average Bonchev–Trinajstić information content (AvgIpc) is 3.00. The molecule has 0 amide bonds. The van der Waals surface area contributed by atoms with E-state index in [0.717, 1.165) is 11.4 Å². The van der Waals surface area contributed by atoms with Crippen molar-refractivity contribution in [2.75, 3.05) is 11.9 Å².